The first kappa shape index (κ1) is 22.9. The minimum absolute atomic E-state index is 0.0305. The molecule has 0 unspecified atom stereocenters. The smallest absolute Gasteiger partial charge is 0.176 e. The van der Waals surface area contributed by atoms with E-state index in [0.29, 0.717) is 17.9 Å². The van der Waals surface area contributed by atoms with Crippen LogP contribution < -0.4 is 10.5 Å². The fraction of sp³-hybridized carbons (Fsp3) is 0.308. The molecule has 7 heteroatoms. The molecule has 1 fully saturated rings. The zero-order chi connectivity index (χ0) is 23.2. The van der Waals surface area contributed by atoms with Crippen LogP contribution in [0.4, 0.5) is 10.2 Å². The third kappa shape index (κ3) is 5.94. The molecule has 0 aliphatic carbocycles. The van der Waals surface area contributed by atoms with Crippen LogP contribution in [-0.4, -0.2) is 66.9 Å². The number of ether oxygens (including phenoxy) is 1. The molecule has 172 valence electrons. The molecule has 0 radical (unpaired) electrons. The van der Waals surface area contributed by atoms with Gasteiger partial charge in [-0.15, -0.1) is 0 Å². The third-order valence-electron chi connectivity index (χ3n) is 6.05. The molecule has 3 aromatic rings. The molecule has 1 aliphatic rings. The Kier molecular flexibility index (Phi) is 7.32. The van der Waals surface area contributed by atoms with Gasteiger partial charge >= 0.3 is 0 Å². The number of halogens is 1. The first-order valence-corrected chi connectivity index (χ1v) is 11.1. The quantitative estimate of drug-likeness (QED) is 0.532. The van der Waals surface area contributed by atoms with E-state index in [9.17, 15) is 9.18 Å². The highest BCUT2D eigenvalue weighted by Crippen LogP contribution is 2.27. The van der Waals surface area contributed by atoms with Gasteiger partial charge in [0.25, 0.3) is 0 Å². The lowest BCUT2D eigenvalue weighted by molar-refractivity contribution is 0.0854. The molecule has 1 saturated heterocycles. The fourth-order valence-electron chi connectivity index (χ4n) is 4.10. The van der Waals surface area contributed by atoms with Crippen LogP contribution in [0.5, 0.6) is 5.75 Å². The highest BCUT2D eigenvalue weighted by atomic mass is 19.1. The molecule has 33 heavy (non-hydrogen) atoms. The predicted molar refractivity (Wildman–Crippen MR) is 128 cm³/mol. The molecular formula is C26H29FN4O2. The normalized spacial score (nSPS) is 14.8. The number of pyridine rings is 1. The van der Waals surface area contributed by atoms with Gasteiger partial charge in [0.1, 0.15) is 17.4 Å². The van der Waals surface area contributed by atoms with Crippen molar-refractivity contribution in [3.8, 4) is 17.0 Å². The number of anilines is 1. The molecule has 2 aromatic carbocycles. The standard InChI is InChI=1S/C26H29FN4O2/c1-33-25-17-21(23-3-2-4-26(28)29-23)6-5-20(25)11-12-30-13-15-31(16-14-30)18-24(32)19-7-9-22(27)10-8-19/h2-10,17H,11-16,18H2,1H3,(H2,28,29). The Balaban J connectivity index is 1.28. The number of Topliss-reactive ketones (excluding diaryl/α,β-unsaturated/α-hetero) is 1. The van der Waals surface area contributed by atoms with E-state index in [-0.39, 0.29) is 11.6 Å². The Labute approximate surface area is 193 Å². The van der Waals surface area contributed by atoms with Crippen LogP contribution in [0.2, 0.25) is 0 Å². The molecule has 0 saturated carbocycles. The molecule has 4 rings (SSSR count). The maximum atomic E-state index is 13.1. The number of nitrogens with two attached hydrogens (primary N) is 1. The summed E-state index contributed by atoms with van der Waals surface area (Å²) in [5.41, 5.74) is 9.32. The van der Waals surface area contributed by atoms with E-state index in [4.69, 9.17) is 10.5 Å². The molecule has 2 heterocycles. The summed E-state index contributed by atoms with van der Waals surface area (Å²) in [6.45, 7) is 4.78. The summed E-state index contributed by atoms with van der Waals surface area (Å²) in [5, 5.41) is 0. The van der Waals surface area contributed by atoms with Crippen molar-refractivity contribution in [2.75, 3.05) is 52.1 Å². The number of aromatic nitrogens is 1. The zero-order valence-electron chi connectivity index (χ0n) is 18.8. The molecule has 1 aliphatic heterocycles. The van der Waals surface area contributed by atoms with Crippen LogP contribution in [-0.2, 0) is 6.42 Å². The van der Waals surface area contributed by atoms with Crippen LogP contribution in [0, 0.1) is 5.82 Å². The van der Waals surface area contributed by atoms with E-state index in [1.54, 1.807) is 25.3 Å². The van der Waals surface area contributed by atoms with Crippen molar-refractivity contribution >= 4 is 11.6 Å². The topological polar surface area (TPSA) is 71.7 Å². The van der Waals surface area contributed by atoms with Crippen molar-refractivity contribution in [1.82, 2.24) is 14.8 Å². The number of rotatable bonds is 8. The number of hydrogen-bond acceptors (Lipinski definition) is 6. The molecule has 6 nitrogen and oxygen atoms in total. The second kappa shape index (κ2) is 10.6. The minimum Gasteiger partial charge on any atom is -0.496 e. The van der Waals surface area contributed by atoms with Gasteiger partial charge in [-0.25, -0.2) is 9.37 Å². The van der Waals surface area contributed by atoms with Crippen LogP contribution in [0.15, 0.2) is 60.7 Å². The lowest BCUT2D eigenvalue weighted by Crippen LogP contribution is -2.48. The number of piperazine rings is 1. The summed E-state index contributed by atoms with van der Waals surface area (Å²) >= 11 is 0. The second-order valence-electron chi connectivity index (χ2n) is 8.27. The van der Waals surface area contributed by atoms with Crippen molar-refractivity contribution in [2.45, 2.75) is 6.42 Å². The van der Waals surface area contributed by atoms with Gasteiger partial charge in [-0.2, -0.15) is 0 Å². The zero-order valence-corrected chi connectivity index (χ0v) is 18.8. The molecule has 0 bridgehead atoms. The van der Waals surface area contributed by atoms with E-state index >= 15 is 0 Å². The maximum absolute atomic E-state index is 13.1. The predicted octanol–water partition coefficient (Wildman–Crippen LogP) is 3.52. The van der Waals surface area contributed by atoms with Crippen molar-refractivity contribution in [2.24, 2.45) is 0 Å². The van der Waals surface area contributed by atoms with Crippen LogP contribution in [0.1, 0.15) is 15.9 Å². The van der Waals surface area contributed by atoms with E-state index < -0.39 is 0 Å². The number of ketones is 1. The number of hydrogen-bond donors (Lipinski definition) is 1. The second-order valence-corrected chi connectivity index (χ2v) is 8.27. The summed E-state index contributed by atoms with van der Waals surface area (Å²) < 4.78 is 18.7. The lowest BCUT2D eigenvalue weighted by Gasteiger charge is -2.34. The Morgan fingerprint density at radius 2 is 1.76 bits per heavy atom. The summed E-state index contributed by atoms with van der Waals surface area (Å²) in [7, 11) is 1.69. The Morgan fingerprint density at radius 3 is 2.45 bits per heavy atom. The summed E-state index contributed by atoms with van der Waals surface area (Å²) in [4.78, 5) is 21.4. The van der Waals surface area contributed by atoms with Crippen molar-refractivity contribution in [1.29, 1.82) is 0 Å². The summed E-state index contributed by atoms with van der Waals surface area (Å²) in [6.07, 6.45) is 0.877. The van der Waals surface area contributed by atoms with Gasteiger partial charge in [-0.3, -0.25) is 9.69 Å². The van der Waals surface area contributed by atoms with Gasteiger partial charge in [0.2, 0.25) is 0 Å². The van der Waals surface area contributed by atoms with Crippen molar-refractivity contribution in [3.05, 3.63) is 77.6 Å². The van der Waals surface area contributed by atoms with E-state index in [2.05, 4.69) is 26.9 Å². The lowest BCUT2D eigenvalue weighted by atomic mass is 10.0. The van der Waals surface area contributed by atoms with Crippen molar-refractivity contribution < 1.29 is 13.9 Å². The van der Waals surface area contributed by atoms with E-state index in [1.165, 1.54) is 12.1 Å². The monoisotopic (exact) mass is 448 g/mol. The Morgan fingerprint density at radius 1 is 1.03 bits per heavy atom. The SMILES string of the molecule is COc1cc(-c2cccc(N)n2)ccc1CCN1CCN(CC(=O)c2ccc(F)cc2)CC1. The number of methoxy groups -OCH3 is 1. The molecule has 2 N–H and O–H groups in total. The first-order chi connectivity index (χ1) is 16.0. The van der Waals surface area contributed by atoms with Gasteiger partial charge in [0, 0.05) is 43.9 Å². The molecule has 0 spiro atoms. The maximum Gasteiger partial charge on any atom is 0.176 e. The minimum atomic E-state index is -0.326. The highest BCUT2D eigenvalue weighted by molar-refractivity contribution is 5.97. The van der Waals surface area contributed by atoms with Crippen LogP contribution in [0.25, 0.3) is 11.3 Å². The van der Waals surface area contributed by atoms with E-state index in [0.717, 1.165) is 61.7 Å². The van der Waals surface area contributed by atoms with Gasteiger partial charge < -0.3 is 15.4 Å². The van der Waals surface area contributed by atoms with Crippen LogP contribution >= 0.6 is 0 Å². The number of nitrogen functional groups attached to an aromatic ring is 1. The van der Waals surface area contributed by atoms with Gasteiger partial charge in [-0.1, -0.05) is 18.2 Å². The molecule has 1 aromatic heterocycles. The average Bonchev–Trinajstić information content (AvgIpc) is 2.84. The van der Waals surface area contributed by atoms with Crippen LogP contribution in [0.3, 0.4) is 0 Å². The average molecular weight is 449 g/mol. The van der Waals surface area contributed by atoms with Gasteiger partial charge in [0.15, 0.2) is 5.78 Å². The van der Waals surface area contributed by atoms with E-state index in [1.807, 2.05) is 18.2 Å². The van der Waals surface area contributed by atoms with Gasteiger partial charge in [0.05, 0.1) is 19.3 Å². The number of carbonyl (C=O) groups is 1. The third-order valence-corrected chi connectivity index (χ3v) is 6.05. The molecule has 0 amide bonds. The number of nitrogens with zero attached hydrogens (tertiary/aromatic N) is 3. The number of carbonyl (C=O) groups excluding carboxylic acids is 1. The summed E-state index contributed by atoms with van der Waals surface area (Å²) in [5.74, 6) is 1.05. The first-order valence-electron chi connectivity index (χ1n) is 11.1. The Bertz CT molecular complexity index is 1100. The molecule has 0 atom stereocenters. The highest BCUT2D eigenvalue weighted by Gasteiger charge is 2.20. The largest absolute Gasteiger partial charge is 0.496 e. The summed E-state index contributed by atoms with van der Waals surface area (Å²) in [6, 6.07) is 17.5. The Hall–Kier alpha value is -3.29. The van der Waals surface area contributed by atoms with Gasteiger partial charge in [-0.05, 0) is 54.4 Å². The fourth-order valence-corrected chi connectivity index (χ4v) is 4.10. The number of benzene rings is 2. The molecular weight excluding hydrogens is 419 g/mol. The van der Waals surface area contributed by atoms with Crippen molar-refractivity contribution in [3.63, 3.8) is 0 Å².